The van der Waals surface area contributed by atoms with E-state index in [0.29, 0.717) is 0 Å². The van der Waals surface area contributed by atoms with E-state index in [4.69, 9.17) is 0 Å². The molecular weight excluding hydrogens is 544 g/mol. The topological polar surface area (TPSA) is 117 Å². The lowest BCUT2D eigenvalue weighted by Crippen LogP contribution is -2.43. The number of fused-ring (bicyclic) bond motifs is 1. The number of imidazole rings is 1. The Morgan fingerprint density at radius 2 is 1.84 bits per heavy atom. The van der Waals surface area contributed by atoms with Crippen LogP contribution in [0.5, 0.6) is 0 Å². The van der Waals surface area contributed by atoms with Gasteiger partial charge in [-0.3, -0.25) is 19.1 Å². The summed E-state index contributed by atoms with van der Waals surface area (Å²) >= 11 is 0.945. The molecule has 202 valence electrons. The summed E-state index contributed by atoms with van der Waals surface area (Å²) in [6.07, 6.45) is -7.22. The van der Waals surface area contributed by atoms with Crippen molar-refractivity contribution in [1.29, 1.82) is 0 Å². The number of alkyl halides is 6. The highest BCUT2D eigenvalue weighted by atomic mass is 32.1. The third-order valence-corrected chi connectivity index (χ3v) is 6.48. The quantitative estimate of drug-likeness (QED) is 0.373. The molecule has 4 rings (SSSR count). The van der Waals surface area contributed by atoms with Gasteiger partial charge < -0.3 is 9.88 Å². The van der Waals surface area contributed by atoms with Gasteiger partial charge in [-0.2, -0.15) is 26.3 Å². The van der Waals surface area contributed by atoms with Crippen molar-refractivity contribution in [2.75, 3.05) is 5.32 Å². The van der Waals surface area contributed by atoms with Crippen LogP contribution < -0.4 is 16.6 Å². The van der Waals surface area contributed by atoms with Gasteiger partial charge >= 0.3 is 18.0 Å². The second-order valence-corrected chi connectivity index (χ2v) is 9.09. The largest absolute Gasteiger partial charge is 0.418 e. The van der Waals surface area contributed by atoms with Crippen LogP contribution in [0.1, 0.15) is 24.2 Å². The Labute approximate surface area is 212 Å². The number of thiazole rings is 1. The Morgan fingerprint density at radius 1 is 1.16 bits per heavy atom. The normalized spacial score (nSPS) is 13.2. The van der Waals surface area contributed by atoms with E-state index in [2.05, 4.69) is 20.3 Å². The van der Waals surface area contributed by atoms with Crippen molar-refractivity contribution in [3.8, 4) is 10.6 Å². The molecule has 0 aliphatic carbocycles. The second-order valence-electron chi connectivity index (χ2n) is 8.23. The molecule has 0 unspecified atom stereocenters. The zero-order valence-corrected chi connectivity index (χ0v) is 20.5. The van der Waals surface area contributed by atoms with E-state index in [1.54, 1.807) is 0 Å². The Kier molecular flexibility index (Phi) is 6.67. The molecule has 0 radical (unpaired) electrons. The molecule has 0 saturated heterocycles. The van der Waals surface area contributed by atoms with Crippen LogP contribution >= 0.6 is 11.3 Å². The Morgan fingerprint density at radius 3 is 2.47 bits per heavy atom. The van der Waals surface area contributed by atoms with E-state index in [1.807, 2.05) is 0 Å². The van der Waals surface area contributed by atoms with Gasteiger partial charge in [-0.15, -0.1) is 11.3 Å². The van der Waals surface area contributed by atoms with Crippen molar-refractivity contribution in [2.45, 2.75) is 38.8 Å². The molecule has 1 amide bonds. The number of aryl methyl sites for hydroxylation is 2. The molecule has 0 saturated carbocycles. The number of hydrogen-bond donors (Lipinski definition) is 1. The Hall–Kier alpha value is -4.02. The number of nitrogens with zero attached hydrogens (tertiary/aromatic N) is 6. The standard InChI is InChI=1S/C21H17F6N7O3S/c1-9-12(21(25,26)27)4-11(5-28-9)17-31-13(6-38-17)30-16(35)10(2)34-8-29-15-14(34)18(36)33(7-20(22,23)24)19(37)32(15)3/h4-6,8,10H,7H2,1-3H3,(H,30,35)/t10-/m0/s1. The number of amides is 1. The highest BCUT2D eigenvalue weighted by Gasteiger charge is 2.34. The van der Waals surface area contributed by atoms with E-state index < -0.39 is 53.2 Å². The van der Waals surface area contributed by atoms with Gasteiger partial charge in [0.2, 0.25) is 5.91 Å². The van der Waals surface area contributed by atoms with Crippen LogP contribution in [0.4, 0.5) is 32.2 Å². The molecule has 0 aromatic carbocycles. The number of carbonyl (C=O) groups excluding carboxylic acids is 1. The number of aromatic nitrogens is 6. The summed E-state index contributed by atoms with van der Waals surface area (Å²) in [5.74, 6) is -0.767. The maximum atomic E-state index is 13.2. The summed E-state index contributed by atoms with van der Waals surface area (Å²) in [6.45, 7) is 0.727. The summed E-state index contributed by atoms with van der Waals surface area (Å²) in [6, 6.07) is -0.309. The third-order valence-electron chi connectivity index (χ3n) is 5.59. The minimum absolute atomic E-state index is 0.00264. The van der Waals surface area contributed by atoms with E-state index in [0.717, 1.165) is 39.9 Å². The van der Waals surface area contributed by atoms with Crippen LogP contribution in [0.25, 0.3) is 21.7 Å². The molecule has 0 bridgehead atoms. The van der Waals surface area contributed by atoms with Gasteiger partial charge in [0.25, 0.3) is 5.56 Å². The number of halogens is 6. The van der Waals surface area contributed by atoms with Crippen LogP contribution in [-0.4, -0.2) is 40.7 Å². The molecule has 17 heteroatoms. The van der Waals surface area contributed by atoms with E-state index in [9.17, 15) is 40.7 Å². The highest BCUT2D eigenvalue weighted by Crippen LogP contribution is 2.35. The van der Waals surface area contributed by atoms with Crippen molar-refractivity contribution in [1.82, 2.24) is 28.7 Å². The fourth-order valence-corrected chi connectivity index (χ4v) is 4.39. The first-order valence-corrected chi connectivity index (χ1v) is 11.5. The molecule has 0 fully saturated rings. The summed E-state index contributed by atoms with van der Waals surface area (Å²) in [7, 11) is 1.14. The minimum atomic E-state index is -4.85. The summed E-state index contributed by atoms with van der Waals surface area (Å²) in [5.41, 5.74) is -4.18. The first kappa shape index (κ1) is 27.0. The lowest BCUT2D eigenvalue weighted by Gasteiger charge is -2.15. The fraction of sp³-hybridized carbons (Fsp3) is 0.333. The van der Waals surface area contributed by atoms with Gasteiger partial charge in [-0.05, 0) is 19.9 Å². The average Bonchev–Trinajstić information content (AvgIpc) is 3.46. The first-order valence-electron chi connectivity index (χ1n) is 10.6. The zero-order chi connectivity index (χ0) is 28.2. The number of rotatable bonds is 5. The number of pyridine rings is 1. The molecular formula is C21H17F6N7O3S. The lowest BCUT2D eigenvalue weighted by molar-refractivity contribution is -0.142. The molecule has 0 aliphatic rings. The van der Waals surface area contributed by atoms with Gasteiger partial charge in [-0.25, -0.2) is 19.3 Å². The van der Waals surface area contributed by atoms with Crippen molar-refractivity contribution in [2.24, 2.45) is 7.05 Å². The SMILES string of the molecule is Cc1ncc(-c2nc(NC(=O)[C@H](C)n3cnc4c3c(=O)n(CC(F)(F)F)c(=O)n4C)cs2)cc1C(F)(F)F. The highest BCUT2D eigenvalue weighted by molar-refractivity contribution is 7.13. The molecule has 1 atom stereocenters. The average molecular weight is 561 g/mol. The molecule has 4 aromatic heterocycles. The number of hydrogen-bond acceptors (Lipinski definition) is 7. The second kappa shape index (κ2) is 9.38. The summed E-state index contributed by atoms with van der Waals surface area (Å²) in [5, 5.41) is 3.97. The predicted octanol–water partition coefficient (Wildman–Crippen LogP) is 3.50. The maximum absolute atomic E-state index is 13.2. The van der Waals surface area contributed by atoms with Crippen LogP contribution in [0.3, 0.4) is 0 Å². The molecule has 0 aliphatic heterocycles. The first-order chi connectivity index (χ1) is 17.6. The molecule has 0 spiro atoms. The number of carbonyl (C=O) groups is 1. The van der Waals surface area contributed by atoms with Crippen molar-refractivity contribution >= 4 is 34.2 Å². The smallest absolute Gasteiger partial charge is 0.312 e. The Bertz CT molecular complexity index is 1660. The van der Waals surface area contributed by atoms with Gasteiger partial charge in [-0.1, -0.05) is 0 Å². The molecule has 4 aromatic rings. The zero-order valence-electron chi connectivity index (χ0n) is 19.7. The van der Waals surface area contributed by atoms with Gasteiger partial charge in [0.05, 0.1) is 11.9 Å². The van der Waals surface area contributed by atoms with Crippen molar-refractivity contribution in [3.05, 3.63) is 56.1 Å². The van der Waals surface area contributed by atoms with Crippen LogP contribution in [0.15, 0.2) is 33.6 Å². The van der Waals surface area contributed by atoms with Crippen LogP contribution in [0.2, 0.25) is 0 Å². The number of nitrogens with one attached hydrogen (secondary N) is 1. The van der Waals surface area contributed by atoms with Gasteiger partial charge in [0, 0.05) is 29.9 Å². The molecule has 4 heterocycles. The van der Waals surface area contributed by atoms with Crippen LogP contribution in [-0.2, 0) is 24.6 Å². The molecule has 10 nitrogen and oxygen atoms in total. The summed E-state index contributed by atoms with van der Waals surface area (Å²) < 4.78 is 80.3. The summed E-state index contributed by atoms with van der Waals surface area (Å²) in [4.78, 5) is 49.7. The minimum Gasteiger partial charge on any atom is -0.312 e. The fourth-order valence-electron chi connectivity index (χ4n) is 3.66. The van der Waals surface area contributed by atoms with E-state index in [1.165, 1.54) is 25.4 Å². The monoisotopic (exact) mass is 561 g/mol. The van der Waals surface area contributed by atoms with Crippen molar-refractivity contribution < 1.29 is 31.1 Å². The van der Waals surface area contributed by atoms with Gasteiger partial charge in [0.1, 0.15) is 23.4 Å². The van der Waals surface area contributed by atoms with Crippen molar-refractivity contribution in [3.63, 3.8) is 0 Å². The molecule has 38 heavy (non-hydrogen) atoms. The maximum Gasteiger partial charge on any atom is 0.418 e. The number of anilines is 1. The predicted molar refractivity (Wildman–Crippen MR) is 124 cm³/mol. The van der Waals surface area contributed by atoms with E-state index in [-0.39, 0.29) is 32.3 Å². The van der Waals surface area contributed by atoms with E-state index >= 15 is 0 Å². The Balaban J connectivity index is 1.63. The third kappa shape index (κ3) is 5.05. The van der Waals surface area contributed by atoms with Gasteiger partial charge in [0.15, 0.2) is 11.2 Å². The lowest BCUT2D eigenvalue weighted by atomic mass is 10.1. The van der Waals surface area contributed by atoms with Crippen LogP contribution in [0, 0.1) is 6.92 Å². The molecule has 1 N–H and O–H groups in total.